The van der Waals surface area contributed by atoms with Crippen LogP contribution in [-0.2, 0) is 19.1 Å². The third-order valence-electron chi connectivity index (χ3n) is 6.95. The Kier molecular flexibility index (Phi) is 15.1. The maximum atomic E-state index is 13.9. The van der Waals surface area contributed by atoms with Crippen LogP contribution in [0.4, 0.5) is 16.2 Å². The van der Waals surface area contributed by atoms with Gasteiger partial charge in [0.15, 0.2) is 0 Å². The molecule has 2 aromatic rings. The van der Waals surface area contributed by atoms with Crippen LogP contribution in [0.15, 0.2) is 47.6 Å². The Morgan fingerprint density at radius 3 is 2.35 bits per heavy atom. The molecule has 0 aliphatic rings. The number of hydrogen-bond acceptors (Lipinski definition) is 8. The third-order valence-corrected chi connectivity index (χ3v) is 9.14. The van der Waals surface area contributed by atoms with E-state index in [9.17, 15) is 27.6 Å². The summed E-state index contributed by atoms with van der Waals surface area (Å²) < 4.78 is 44.1. The first-order valence-electron chi connectivity index (χ1n) is 14.9. The average molecular weight is 642 g/mol. The minimum Gasteiger partial charge on any atom is -0.354 e. The highest BCUT2D eigenvalue weighted by molar-refractivity contribution is 7.89. The van der Waals surface area contributed by atoms with Crippen molar-refractivity contribution >= 4 is 35.3 Å². The molecule has 2 amide bonds. The smallest absolute Gasteiger partial charge is 0.354 e. The number of sulfonamides is 1. The summed E-state index contributed by atoms with van der Waals surface area (Å²) in [5.74, 6) is 0. The maximum Gasteiger partial charge on any atom is 0.471 e. The number of carbonyl (C=O) groups excluding carboxylic acids is 1. The lowest BCUT2D eigenvalue weighted by molar-refractivity contribution is 0.139. The highest BCUT2D eigenvalue weighted by Gasteiger charge is 2.35. The number of aryl methyl sites for hydroxylation is 1. The maximum absolute atomic E-state index is 13.9. The van der Waals surface area contributed by atoms with E-state index in [1.165, 1.54) is 12.3 Å². The molecule has 12 nitrogen and oxygen atoms in total. The van der Waals surface area contributed by atoms with E-state index in [0.717, 1.165) is 63.4 Å². The van der Waals surface area contributed by atoms with E-state index in [0.29, 0.717) is 16.4 Å². The minimum absolute atomic E-state index is 0.133. The fourth-order valence-electron chi connectivity index (χ4n) is 4.78. The number of phosphoric ester groups is 1. The van der Waals surface area contributed by atoms with Gasteiger partial charge in [0, 0.05) is 30.2 Å². The lowest BCUT2D eigenvalue weighted by atomic mass is 10.0. The van der Waals surface area contributed by atoms with Gasteiger partial charge in [-0.25, -0.2) is 17.8 Å². The van der Waals surface area contributed by atoms with Gasteiger partial charge in [0.2, 0.25) is 0 Å². The number of nitrogens with zero attached hydrogens (tertiary/aromatic N) is 3. The van der Waals surface area contributed by atoms with Crippen LogP contribution in [0.1, 0.15) is 78.2 Å². The van der Waals surface area contributed by atoms with Gasteiger partial charge < -0.3 is 25.3 Å². The van der Waals surface area contributed by atoms with E-state index in [-0.39, 0.29) is 16.6 Å². The van der Waals surface area contributed by atoms with Crippen LogP contribution in [0, 0.1) is 6.92 Å². The zero-order valence-corrected chi connectivity index (χ0v) is 27.6. The zero-order chi connectivity index (χ0) is 32.0. The van der Waals surface area contributed by atoms with Crippen LogP contribution in [-0.4, -0.2) is 70.3 Å². The molecule has 4 N–H and O–H groups in total. The number of rotatable bonds is 19. The normalized spacial score (nSPS) is 13.5. The van der Waals surface area contributed by atoms with Crippen LogP contribution in [0.5, 0.6) is 0 Å². The van der Waals surface area contributed by atoms with Gasteiger partial charge >= 0.3 is 13.9 Å². The van der Waals surface area contributed by atoms with Crippen molar-refractivity contribution < 1.29 is 32.1 Å². The number of unbranched alkanes of at least 4 members (excludes halogenated alkanes) is 2. The molecule has 2 atom stereocenters. The Morgan fingerprint density at radius 2 is 1.77 bits per heavy atom. The summed E-state index contributed by atoms with van der Waals surface area (Å²) in [5.41, 5.74) is 1.68. The standard InChI is InChI=1S/C29H48N5O7PS/c1-6-9-17-33(18-10-7-2)26(12-8-3)20-24(5)31-29(35)34(22-41-42(36,37)38)43(39,40)28-21-30-16-15-27(28)32-25-14-11-13-23(4)19-25/h11,13-16,19,21,24,26H,6-10,12,17-18,20,22H2,1-5H3,(H,30,32)(H,31,35)(H2,36,37,38). The van der Waals surface area contributed by atoms with Crippen LogP contribution in [0.2, 0.25) is 0 Å². The minimum atomic E-state index is -5.12. The third kappa shape index (κ3) is 12.2. The molecular weight excluding hydrogens is 593 g/mol. The summed E-state index contributed by atoms with van der Waals surface area (Å²) >= 11 is 0. The van der Waals surface area contributed by atoms with E-state index in [4.69, 9.17) is 0 Å². The van der Waals surface area contributed by atoms with Crippen molar-refractivity contribution in [1.82, 2.24) is 19.5 Å². The number of anilines is 2. The Balaban J connectivity index is 2.35. The number of aromatic nitrogens is 1. The summed E-state index contributed by atoms with van der Waals surface area (Å²) in [6, 6.07) is 7.38. The molecule has 0 saturated heterocycles. The molecule has 2 rings (SSSR count). The number of phosphoric acid groups is 1. The molecule has 1 aromatic heterocycles. The van der Waals surface area contributed by atoms with Crippen molar-refractivity contribution in [2.45, 2.75) is 96.5 Å². The molecule has 43 heavy (non-hydrogen) atoms. The van der Waals surface area contributed by atoms with E-state index in [1.807, 2.05) is 19.1 Å². The van der Waals surface area contributed by atoms with Crippen LogP contribution in [0.3, 0.4) is 0 Å². The molecule has 0 saturated carbocycles. The van der Waals surface area contributed by atoms with Crippen molar-refractivity contribution in [3.05, 3.63) is 48.3 Å². The summed E-state index contributed by atoms with van der Waals surface area (Å²) in [6.45, 7) is 10.8. The summed E-state index contributed by atoms with van der Waals surface area (Å²) in [6.07, 6.45) is 9.16. The van der Waals surface area contributed by atoms with E-state index in [2.05, 4.69) is 45.8 Å². The predicted molar refractivity (Wildman–Crippen MR) is 168 cm³/mol. The molecule has 0 spiro atoms. The van der Waals surface area contributed by atoms with Gasteiger partial charge in [-0.3, -0.25) is 9.51 Å². The quantitative estimate of drug-likeness (QED) is 0.110. The molecule has 0 fully saturated rings. The van der Waals surface area contributed by atoms with E-state index < -0.39 is 36.6 Å². The summed E-state index contributed by atoms with van der Waals surface area (Å²) in [5, 5.41) is 5.77. The number of carbonyl (C=O) groups is 1. The van der Waals surface area contributed by atoms with Crippen LogP contribution in [0.25, 0.3) is 0 Å². The Bertz CT molecular complexity index is 1300. The topological polar surface area (TPSA) is 161 Å². The average Bonchev–Trinajstić information content (AvgIpc) is 2.92. The lowest BCUT2D eigenvalue weighted by Gasteiger charge is -2.34. The second-order valence-electron chi connectivity index (χ2n) is 10.7. The molecule has 0 aliphatic carbocycles. The van der Waals surface area contributed by atoms with E-state index >= 15 is 0 Å². The number of urea groups is 1. The second-order valence-corrected chi connectivity index (χ2v) is 13.8. The highest BCUT2D eigenvalue weighted by atomic mass is 32.2. The molecule has 242 valence electrons. The lowest BCUT2D eigenvalue weighted by Crippen LogP contribution is -2.49. The van der Waals surface area contributed by atoms with Crippen molar-refractivity contribution in [1.29, 1.82) is 0 Å². The number of nitrogens with one attached hydrogen (secondary N) is 2. The molecular formula is C29H48N5O7PS. The first-order chi connectivity index (χ1) is 20.3. The number of amides is 2. The SMILES string of the molecule is CCCCN(CCCC)C(CCC)CC(C)NC(=O)N(COP(=O)(O)O)S(=O)(=O)c1cnccc1Nc1cccc(C)c1. The molecule has 0 aliphatic heterocycles. The largest absolute Gasteiger partial charge is 0.471 e. The Hall–Kier alpha value is -2.54. The van der Waals surface area contributed by atoms with Gasteiger partial charge in [-0.1, -0.05) is 52.2 Å². The number of hydrogen-bond donors (Lipinski definition) is 4. The van der Waals surface area contributed by atoms with Gasteiger partial charge in [0.05, 0.1) is 5.69 Å². The Morgan fingerprint density at radius 1 is 1.09 bits per heavy atom. The van der Waals surface area contributed by atoms with Gasteiger partial charge in [-0.2, -0.15) is 4.31 Å². The highest BCUT2D eigenvalue weighted by Crippen LogP contribution is 2.37. The molecule has 0 bridgehead atoms. The van der Waals surface area contributed by atoms with Gasteiger partial charge in [-0.15, -0.1) is 0 Å². The number of benzene rings is 1. The van der Waals surface area contributed by atoms with Gasteiger partial charge in [-0.05, 0) is 76.4 Å². The van der Waals surface area contributed by atoms with Crippen LogP contribution < -0.4 is 10.6 Å². The van der Waals surface area contributed by atoms with Gasteiger partial charge in [0.1, 0.15) is 11.6 Å². The number of pyridine rings is 1. The molecule has 14 heteroatoms. The molecule has 2 unspecified atom stereocenters. The van der Waals surface area contributed by atoms with Crippen molar-refractivity contribution in [2.24, 2.45) is 0 Å². The van der Waals surface area contributed by atoms with Crippen molar-refractivity contribution in [2.75, 3.05) is 25.1 Å². The first kappa shape index (κ1) is 36.7. The predicted octanol–water partition coefficient (Wildman–Crippen LogP) is 5.75. The summed E-state index contributed by atoms with van der Waals surface area (Å²) in [7, 11) is -9.81. The van der Waals surface area contributed by atoms with Crippen molar-refractivity contribution in [3.63, 3.8) is 0 Å². The second kappa shape index (κ2) is 17.7. The fraction of sp³-hybridized carbons (Fsp3) is 0.586. The first-order valence-corrected chi connectivity index (χ1v) is 17.8. The fourth-order valence-corrected chi connectivity index (χ4v) is 6.42. The summed E-state index contributed by atoms with van der Waals surface area (Å²) in [4.78, 5) is 38.2. The molecule has 0 radical (unpaired) electrons. The zero-order valence-electron chi connectivity index (χ0n) is 25.9. The molecule has 1 heterocycles. The molecule has 1 aromatic carbocycles. The van der Waals surface area contributed by atoms with Crippen molar-refractivity contribution in [3.8, 4) is 0 Å². The monoisotopic (exact) mass is 641 g/mol. The van der Waals surface area contributed by atoms with Crippen LogP contribution >= 0.6 is 7.82 Å². The van der Waals surface area contributed by atoms with Gasteiger partial charge in [0.25, 0.3) is 10.0 Å². The van der Waals surface area contributed by atoms with E-state index in [1.54, 1.807) is 19.1 Å². The Labute approximate surface area is 256 Å².